The molecule has 1 atom stereocenters. The number of likely N-dealkylation sites (tertiary alicyclic amines) is 1. The molecule has 0 radical (unpaired) electrons. The second-order valence-electron chi connectivity index (χ2n) is 5.97. The van der Waals surface area contributed by atoms with Gasteiger partial charge in [0.05, 0.1) is 12.5 Å². The second-order valence-corrected chi connectivity index (χ2v) is 5.97. The van der Waals surface area contributed by atoms with E-state index in [1.807, 2.05) is 20.8 Å². The maximum Gasteiger partial charge on any atom is 0.410 e. The van der Waals surface area contributed by atoms with E-state index in [-0.39, 0.29) is 18.4 Å². The van der Waals surface area contributed by atoms with Gasteiger partial charge in [-0.25, -0.2) is 4.79 Å². The number of nitrogens with zero attached hydrogens (tertiary/aromatic N) is 1. The van der Waals surface area contributed by atoms with Gasteiger partial charge in [-0.1, -0.05) is 0 Å². The van der Waals surface area contributed by atoms with Crippen LogP contribution in [0.3, 0.4) is 0 Å². The van der Waals surface area contributed by atoms with Gasteiger partial charge in [0, 0.05) is 13.1 Å². The summed E-state index contributed by atoms with van der Waals surface area (Å²) in [6.07, 6.45) is -0.213. The Morgan fingerprint density at radius 2 is 1.84 bits per heavy atom. The monoisotopic (exact) mass is 273 g/mol. The van der Waals surface area contributed by atoms with Crippen LogP contribution in [0.25, 0.3) is 0 Å². The van der Waals surface area contributed by atoms with Gasteiger partial charge in [-0.3, -0.25) is 4.79 Å². The standard InChI is InChI=1S/C13H23NO5/c1-13(2,3)19-12(18)14-6-4-9(5-7-14)10(15)8-11(16)17/h9-10,15H,4-8H2,1-3H3,(H,16,17)/t10-/m0/s1. The lowest BCUT2D eigenvalue weighted by molar-refractivity contribution is -0.140. The number of aliphatic hydroxyl groups is 1. The molecule has 0 saturated carbocycles. The van der Waals surface area contributed by atoms with E-state index in [9.17, 15) is 14.7 Å². The molecule has 110 valence electrons. The SMILES string of the molecule is CC(C)(C)OC(=O)N1CCC([C@@H](O)CC(=O)O)CC1. The van der Waals surface area contributed by atoms with Crippen molar-refractivity contribution in [2.75, 3.05) is 13.1 Å². The van der Waals surface area contributed by atoms with E-state index in [2.05, 4.69) is 0 Å². The largest absolute Gasteiger partial charge is 0.481 e. The Morgan fingerprint density at radius 1 is 1.32 bits per heavy atom. The molecule has 0 unspecified atom stereocenters. The Labute approximate surface area is 113 Å². The Balaban J connectivity index is 2.40. The Kier molecular flexibility index (Phi) is 5.17. The summed E-state index contributed by atoms with van der Waals surface area (Å²) in [6, 6.07) is 0. The van der Waals surface area contributed by atoms with Crippen LogP contribution in [0.2, 0.25) is 0 Å². The summed E-state index contributed by atoms with van der Waals surface area (Å²) in [6.45, 7) is 6.43. The lowest BCUT2D eigenvalue weighted by atomic mass is 9.90. The van der Waals surface area contributed by atoms with Crippen LogP contribution in [-0.4, -0.2) is 52.0 Å². The van der Waals surface area contributed by atoms with E-state index in [0.29, 0.717) is 25.9 Å². The molecule has 19 heavy (non-hydrogen) atoms. The molecule has 1 fully saturated rings. The van der Waals surface area contributed by atoms with E-state index in [1.54, 1.807) is 4.90 Å². The third-order valence-corrected chi connectivity index (χ3v) is 3.12. The Bertz CT molecular complexity index is 328. The first-order chi connectivity index (χ1) is 8.69. The molecular formula is C13H23NO5. The highest BCUT2D eigenvalue weighted by Gasteiger charge is 2.30. The lowest BCUT2D eigenvalue weighted by Crippen LogP contribution is -2.43. The summed E-state index contributed by atoms with van der Waals surface area (Å²) in [5.74, 6) is -1.06. The molecule has 1 rings (SSSR count). The zero-order valence-corrected chi connectivity index (χ0v) is 11.8. The van der Waals surface area contributed by atoms with Crippen molar-refractivity contribution >= 4 is 12.1 Å². The fraction of sp³-hybridized carbons (Fsp3) is 0.846. The topological polar surface area (TPSA) is 87.1 Å². The Hall–Kier alpha value is -1.30. The fourth-order valence-electron chi connectivity index (χ4n) is 2.14. The molecule has 0 aliphatic carbocycles. The average Bonchev–Trinajstić information content (AvgIpc) is 2.26. The van der Waals surface area contributed by atoms with E-state index in [4.69, 9.17) is 9.84 Å². The molecule has 0 aromatic rings. The molecule has 0 bridgehead atoms. The molecule has 0 aromatic heterocycles. The predicted molar refractivity (Wildman–Crippen MR) is 68.8 cm³/mol. The third-order valence-electron chi connectivity index (χ3n) is 3.12. The van der Waals surface area contributed by atoms with Crippen LogP contribution in [-0.2, 0) is 9.53 Å². The van der Waals surface area contributed by atoms with E-state index in [0.717, 1.165) is 0 Å². The number of amides is 1. The van der Waals surface area contributed by atoms with Gasteiger partial charge in [0.25, 0.3) is 0 Å². The molecule has 6 heteroatoms. The van der Waals surface area contributed by atoms with Crippen molar-refractivity contribution in [2.45, 2.75) is 51.7 Å². The highest BCUT2D eigenvalue weighted by atomic mass is 16.6. The van der Waals surface area contributed by atoms with Crippen LogP contribution in [0.15, 0.2) is 0 Å². The quantitative estimate of drug-likeness (QED) is 0.813. The number of rotatable bonds is 3. The number of aliphatic carboxylic acids is 1. The first-order valence-electron chi connectivity index (χ1n) is 6.57. The average molecular weight is 273 g/mol. The summed E-state index contributed by atoms with van der Waals surface area (Å²) < 4.78 is 5.27. The van der Waals surface area contributed by atoms with Crippen molar-refractivity contribution in [2.24, 2.45) is 5.92 Å². The number of carbonyl (C=O) groups is 2. The van der Waals surface area contributed by atoms with Crippen LogP contribution >= 0.6 is 0 Å². The predicted octanol–water partition coefficient (Wildman–Crippen LogP) is 1.47. The van der Waals surface area contributed by atoms with Crippen molar-refractivity contribution in [1.82, 2.24) is 4.90 Å². The van der Waals surface area contributed by atoms with Crippen LogP contribution in [0.1, 0.15) is 40.0 Å². The first-order valence-corrected chi connectivity index (χ1v) is 6.57. The molecule has 6 nitrogen and oxygen atoms in total. The molecule has 1 aliphatic rings. The van der Waals surface area contributed by atoms with Gasteiger partial charge in [-0.2, -0.15) is 0 Å². The van der Waals surface area contributed by atoms with E-state index >= 15 is 0 Å². The zero-order chi connectivity index (χ0) is 14.6. The molecule has 1 saturated heterocycles. The number of carboxylic acids is 1. The van der Waals surface area contributed by atoms with Crippen LogP contribution < -0.4 is 0 Å². The molecule has 0 spiro atoms. The van der Waals surface area contributed by atoms with Crippen LogP contribution in [0.5, 0.6) is 0 Å². The molecule has 1 aliphatic heterocycles. The fourth-order valence-corrected chi connectivity index (χ4v) is 2.14. The summed E-state index contributed by atoms with van der Waals surface area (Å²) >= 11 is 0. The maximum atomic E-state index is 11.8. The maximum absolute atomic E-state index is 11.8. The van der Waals surface area contributed by atoms with Crippen molar-refractivity contribution < 1.29 is 24.5 Å². The molecule has 0 aromatic carbocycles. The number of carbonyl (C=O) groups excluding carboxylic acids is 1. The highest BCUT2D eigenvalue weighted by Crippen LogP contribution is 2.23. The number of hydrogen-bond acceptors (Lipinski definition) is 4. The summed E-state index contributed by atoms with van der Waals surface area (Å²) in [5.41, 5.74) is -0.517. The molecular weight excluding hydrogens is 250 g/mol. The number of carboxylic acid groups (broad SMARTS) is 1. The summed E-state index contributed by atoms with van der Waals surface area (Å²) in [4.78, 5) is 24.0. The van der Waals surface area contributed by atoms with Gasteiger partial charge >= 0.3 is 12.1 Å². The minimum atomic E-state index is -0.998. The van der Waals surface area contributed by atoms with E-state index < -0.39 is 17.7 Å². The van der Waals surface area contributed by atoms with Gasteiger partial charge in [-0.15, -0.1) is 0 Å². The Morgan fingerprint density at radius 3 is 2.26 bits per heavy atom. The van der Waals surface area contributed by atoms with Crippen LogP contribution in [0.4, 0.5) is 4.79 Å². The van der Waals surface area contributed by atoms with Crippen molar-refractivity contribution in [3.8, 4) is 0 Å². The number of piperidine rings is 1. The summed E-state index contributed by atoms with van der Waals surface area (Å²) in [7, 11) is 0. The van der Waals surface area contributed by atoms with Gasteiger partial charge in [0.15, 0.2) is 0 Å². The lowest BCUT2D eigenvalue weighted by Gasteiger charge is -2.34. The molecule has 2 N–H and O–H groups in total. The van der Waals surface area contributed by atoms with Gasteiger partial charge in [0.1, 0.15) is 5.60 Å². The smallest absolute Gasteiger partial charge is 0.410 e. The number of ether oxygens (including phenoxy) is 1. The van der Waals surface area contributed by atoms with Crippen molar-refractivity contribution in [3.05, 3.63) is 0 Å². The van der Waals surface area contributed by atoms with Gasteiger partial charge in [-0.05, 0) is 39.5 Å². The van der Waals surface area contributed by atoms with Crippen molar-refractivity contribution in [3.63, 3.8) is 0 Å². The van der Waals surface area contributed by atoms with Gasteiger partial charge in [0.2, 0.25) is 0 Å². The van der Waals surface area contributed by atoms with E-state index in [1.165, 1.54) is 0 Å². The third kappa shape index (κ3) is 5.46. The van der Waals surface area contributed by atoms with Gasteiger partial charge < -0.3 is 19.8 Å². The minimum absolute atomic E-state index is 0.0604. The van der Waals surface area contributed by atoms with Crippen LogP contribution in [0, 0.1) is 5.92 Å². The van der Waals surface area contributed by atoms with Crippen molar-refractivity contribution in [1.29, 1.82) is 0 Å². The molecule has 1 amide bonds. The normalized spacial score (nSPS) is 19.1. The highest BCUT2D eigenvalue weighted by molar-refractivity contribution is 5.68. The number of aliphatic hydroxyl groups excluding tert-OH is 1. The first kappa shape index (κ1) is 15.8. The minimum Gasteiger partial charge on any atom is -0.481 e. The summed E-state index contributed by atoms with van der Waals surface area (Å²) in [5, 5.41) is 18.4. The second kappa shape index (κ2) is 6.23. The molecule has 1 heterocycles. The zero-order valence-electron chi connectivity index (χ0n) is 11.8. The number of hydrogen-bond donors (Lipinski definition) is 2.